The highest BCUT2D eigenvalue weighted by Gasteiger charge is 2.18. The molecule has 0 aliphatic carbocycles. The van der Waals surface area contributed by atoms with Crippen LogP contribution in [0.25, 0.3) is 11.0 Å². The number of aromatic nitrogens is 2. The van der Waals surface area contributed by atoms with Gasteiger partial charge in [0.1, 0.15) is 0 Å². The molecule has 1 unspecified atom stereocenters. The third kappa shape index (κ3) is 2.06. The summed E-state index contributed by atoms with van der Waals surface area (Å²) in [6.07, 6.45) is 3.65. The third-order valence-corrected chi connectivity index (χ3v) is 3.71. The second-order valence-electron chi connectivity index (χ2n) is 4.68. The van der Waals surface area contributed by atoms with Gasteiger partial charge >= 0.3 is 0 Å². The molecule has 1 saturated heterocycles. The van der Waals surface area contributed by atoms with E-state index in [1.165, 1.54) is 6.42 Å². The Kier molecular flexibility index (Phi) is 3.14. The monoisotopic (exact) mass is 265 g/mol. The second kappa shape index (κ2) is 4.78. The number of anilines is 1. The van der Waals surface area contributed by atoms with Gasteiger partial charge in [-0.25, -0.2) is 4.98 Å². The molecule has 1 fully saturated rings. The number of ether oxygens (including phenoxy) is 1. The van der Waals surface area contributed by atoms with Crippen molar-refractivity contribution in [3.8, 4) is 0 Å². The zero-order valence-corrected chi connectivity index (χ0v) is 10.9. The lowest BCUT2D eigenvalue weighted by molar-refractivity contribution is 0.00695. The van der Waals surface area contributed by atoms with Crippen LogP contribution in [-0.2, 0) is 11.3 Å². The summed E-state index contributed by atoms with van der Waals surface area (Å²) >= 11 is 6.24. The Morgan fingerprint density at radius 3 is 3.11 bits per heavy atom. The molecule has 2 heterocycles. The lowest BCUT2D eigenvalue weighted by Crippen LogP contribution is -2.25. The van der Waals surface area contributed by atoms with E-state index in [0.29, 0.717) is 11.0 Å². The van der Waals surface area contributed by atoms with Crippen LogP contribution in [0.2, 0.25) is 5.02 Å². The number of nitrogen functional groups attached to an aromatic ring is 1. The van der Waals surface area contributed by atoms with Gasteiger partial charge in [-0.05, 0) is 31.4 Å². The minimum atomic E-state index is 0.217. The van der Waals surface area contributed by atoms with Gasteiger partial charge in [0.25, 0.3) is 0 Å². The van der Waals surface area contributed by atoms with E-state index >= 15 is 0 Å². The van der Waals surface area contributed by atoms with Crippen LogP contribution < -0.4 is 5.73 Å². The third-order valence-electron chi connectivity index (χ3n) is 3.41. The van der Waals surface area contributed by atoms with Gasteiger partial charge in [-0.3, -0.25) is 0 Å². The predicted octanol–water partition coefficient (Wildman–Crippen LogP) is 2.84. The fraction of sp³-hybridized carbons (Fsp3) is 0.462. The van der Waals surface area contributed by atoms with Crippen molar-refractivity contribution in [3.63, 3.8) is 0 Å². The van der Waals surface area contributed by atoms with Crippen LogP contribution >= 0.6 is 11.6 Å². The van der Waals surface area contributed by atoms with Crippen LogP contribution in [0.4, 0.5) is 5.95 Å². The summed E-state index contributed by atoms with van der Waals surface area (Å²) in [6, 6.07) is 5.68. The van der Waals surface area contributed by atoms with Gasteiger partial charge in [0.2, 0.25) is 5.95 Å². The van der Waals surface area contributed by atoms with Crippen LogP contribution in [-0.4, -0.2) is 22.3 Å². The van der Waals surface area contributed by atoms with Gasteiger partial charge in [-0.1, -0.05) is 17.7 Å². The molecule has 0 bridgehead atoms. The van der Waals surface area contributed by atoms with Gasteiger partial charge in [-0.15, -0.1) is 0 Å². The number of hydrogen-bond donors (Lipinski definition) is 1. The summed E-state index contributed by atoms with van der Waals surface area (Å²) in [6.45, 7) is 1.57. The smallest absolute Gasteiger partial charge is 0.201 e. The molecule has 1 aromatic heterocycles. The van der Waals surface area contributed by atoms with Crippen molar-refractivity contribution in [2.75, 3.05) is 12.3 Å². The van der Waals surface area contributed by atoms with Gasteiger partial charge in [0, 0.05) is 6.61 Å². The zero-order valence-electron chi connectivity index (χ0n) is 10.1. The van der Waals surface area contributed by atoms with Crippen LogP contribution in [0.5, 0.6) is 0 Å². The fourth-order valence-corrected chi connectivity index (χ4v) is 2.77. The molecule has 4 nitrogen and oxygen atoms in total. The Balaban J connectivity index is 1.97. The Bertz CT molecular complexity index is 561. The fourth-order valence-electron chi connectivity index (χ4n) is 2.50. The quantitative estimate of drug-likeness (QED) is 0.908. The molecule has 1 atom stereocenters. The molecule has 1 aliphatic heterocycles. The highest BCUT2D eigenvalue weighted by atomic mass is 35.5. The molecule has 5 heteroatoms. The lowest BCUT2D eigenvalue weighted by atomic mass is 10.1. The van der Waals surface area contributed by atoms with Crippen LogP contribution in [0.1, 0.15) is 19.3 Å². The summed E-state index contributed by atoms with van der Waals surface area (Å²) < 4.78 is 7.71. The number of halogens is 1. The van der Waals surface area contributed by atoms with Gasteiger partial charge in [0.15, 0.2) is 0 Å². The van der Waals surface area contributed by atoms with Crippen LogP contribution in [0, 0.1) is 0 Å². The van der Waals surface area contributed by atoms with Crippen molar-refractivity contribution in [2.24, 2.45) is 0 Å². The molecule has 18 heavy (non-hydrogen) atoms. The van der Waals surface area contributed by atoms with E-state index in [2.05, 4.69) is 4.98 Å². The maximum Gasteiger partial charge on any atom is 0.201 e. The van der Waals surface area contributed by atoms with Crippen molar-refractivity contribution in [1.29, 1.82) is 0 Å². The molecule has 2 aromatic rings. The molecule has 3 rings (SSSR count). The number of nitrogens with two attached hydrogens (primary N) is 1. The highest BCUT2D eigenvalue weighted by Crippen LogP contribution is 2.27. The maximum atomic E-state index is 6.24. The zero-order chi connectivity index (χ0) is 12.5. The summed E-state index contributed by atoms with van der Waals surface area (Å²) in [5.74, 6) is 0.507. The lowest BCUT2D eigenvalue weighted by Gasteiger charge is -2.23. The molecule has 0 spiro atoms. The van der Waals surface area contributed by atoms with Crippen molar-refractivity contribution in [2.45, 2.75) is 31.9 Å². The minimum absolute atomic E-state index is 0.217. The molecule has 1 aromatic carbocycles. The molecular formula is C13H16ClN3O. The van der Waals surface area contributed by atoms with E-state index in [1.807, 2.05) is 22.8 Å². The normalized spacial score (nSPS) is 20.4. The number of fused-ring (bicyclic) bond motifs is 1. The van der Waals surface area contributed by atoms with E-state index in [-0.39, 0.29) is 6.10 Å². The van der Waals surface area contributed by atoms with E-state index < -0.39 is 0 Å². The van der Waals surface area contributed by atoms with Gasteiger partial charge in [-0.2, -0.15) is 0 Å². The second-order valence-corrected chi connectivity index (χ2v) is 5.08. The molecule has 0 amide bonds. The number of imidazole rings is 1. The first-order chi connectivity index (χ1) is 8.75. The van der Waals surface area contributed by atoms with Gasteiger partial charge in [0.05, 0.1) is 28.7 Å². The largest absolute Gasteiger partial charge is 0.376 e. The first kappa shape index (κ1) is 11.8. The van der Waals surface area contributed by atoms with Crippen molar-refractivity contribution in [1.82, 2.24) is 9.55 Å². The predicted molar refractivity (Wildman–Crippen MR) is 72.7 cm³/mol. The Morgan fingerprint density at radius 2 is 2.33 bits per heavy atom. The maximum absolute atomic E-state index is 6.24. The highest BCUT2D eigenvalue weighted by molar-refractivity contribution is 6.35. The van der Waals surface area contributed by atoms with E-state index in [9.17, 15) is 0 Å². The summed E-state index contributed by atoms with van der Waals surface area (Å²) in [5, 5.41) is 0.688. The number of nitrogens with zero attached hydrogens (tertiary/aromatic N) is 2. The van der Waals surface area contributed by atoms with Crippen molar-refractivity contribution >= 4 is 28.6 Å². The Hall–Kier alpha value is -1.26. The number of benzene rings is 1. The molecule has 0 saturated carbocycles. The number of rotatable bonds is 2. The van der Waals surface area contributed by atoms with Crippen LogP contribution in [0.3, 0.4) is 0 Å². The summed E-state index contributed by atoms with van der Waals surface area (Å²) in [5.41, 5.74) is 7.73. The average molecular weight is 266 g/mol. The molecule has 1 aliphatic rings. The van der Waals surface area contributed by atoms with Gasteiger partial charge < -0.3 is 15.0 Å². The Labute approximate surface area is 111 Å². The SMILES string of the molecule is Nc1nc2cccc(Cl)c2n1CC1CCCCO1. The Morgan fingerprint density at radius 1 is 1.44 bits per heavy atom. The van der Waals surface area contributed by atoms with Crippen molar-refractivity contribution < 1.29 is 4.74 Å². The molecule has 0 radical (unpaired) electrons. The topological polar surface area (TPSA) is 53.1 Å². The van der Waals surface area contributed by atoms with E-state index in [1.54, 1.807) is 0 Å². The first-order valence-corrected chi connectivity index (χ1v) is 6.65. The molecule has 96 valence electrons. The standard InChI is InChI=1S/C13H16ClN3O/c14-10-5-3-6-11-12(10)17(13(15)16-11)8-9-4-1-2-7-18-9/h3,5-6,9H,1-2,4,7-8H2,(H2,15,16). The average Bonchev–Trinajstić information content (AvgIpc) is 2.69. The number of hydrogen-bond acceptors (Lipinski definition) is 3. The van der Waals surface area contributed by atoms with Crippen LogP contribution in [0.15, 0.2) is 18.2 Å². The number of para-hydroxylation sites is 1. The molecule has 2 N–H and O–H groups in total. The summed E-state index contributed by atoms with van der Waals surface area (Å²) in [7, 11) is 0. The van der Waals surface area contributed by atoms with E-state index in [4.69, 9.17) is 22.1 Å². The first-order valence-electron chi connectivity index (χ1n) is 6.27. The van der Waals surface area contributed by atoms with Crippen molar-refractivity contribution in [3.05, 3.63) is 23.2 Å². The minimum Gasteiger partial charge on any atom is -0.376 e. The van der Waals surface area contributed by atoms with E-state index in [0.717, 1.165) is 37.0 Å². The molecular weight excluding hydrogens is 250 g/mol. The summed E-state index contributed by atoms with van der Waals surface area (Å²) in [4.78, 5) is 4.34.